The Labute approximate surface area is 106 Å². The van der Waals surface area contributed by atoms with Crippen LogP contribution in [-0.2, 0) is 0 Å². The number of nitrogens with two attached hydrogens (primary N) is 1. The number of carbonyl (C=O) groups is 1. The summed E-state index contributed by atoms with van der Waals surface area (Å²) >= 11 is 0. The molecule has 3 N–H and O–H groups in total. The van der Waals surface area contributed by atoms with Crippen LogP contribution < -0.4 is 11.1 Å². The van der Waals surface area contributed by atoms with E-state index in [9.17, 15) is 4.79 Å². The summed E-state index contributed by atoms with van der Waals surface area (Å²) in [4.78, 5) is 16.3. The third kappa shape index (κ3) is 2.84. The fourth-order valence-corrected chi connectivity index (χ4v) is 1.70. The first-order valence-electron chi connectivity index (χ1n) is 5.88. The summed E-state index contributed by atoms with van der Waals surface area (Å²) in [5.74, 6) is -0.118. The van der Waals surface area contributed by atoms with Crippen LogP contribution in [0.4, 0.5) is 0 Å². The number of amides is 1. The third-order valence-electron chi connectivity index (χ3n) is 2.60. The Balaban J connectivity index is 2.28. The lowest BCUT2D eigenvalue weighted by molar-refractivity contribution is 0.0947. The first-order chi connectivity index (χ1) is 8.47. The van der Waals surface area contributed by atoms with Gasteiger partial charge < -0.3 is 11.1 Å². The molecule has 94 valence electrons. The zero-order valence-corrected chi connectivity index (χ0v) is 10.6. The van der Waals surface area contributed by atoms with Gasteiger partial charge in [0.1, 0.15) is 0 Å². The van der Waals surface area contributed by atoms with E-state index in [0.29, 0.717) is 12.1 Å². The second-order valence-corrected chi connectivity index (χ2v) is 5.05. The molecule has 4 heteroatoms. The van der Waals surface area contributed by atoms with E-state index in [4.69, 9.17) is 5.73 Å². The fourth-order valence-electron chi connectivity index (χ4n) is 1.70. The van der Waals surface area contributed by atoms with Gasteiger partial charge in [0.2, 0.25) is 0 Å². The Morgan fingerprint density at radius 2 is 2.06 bits per heavy atom. The molecule has 0 fully saturated rings. The molecule has 0 saturated heterocycles. The van der Waals surface area contributed by atoms with E-state index in [0.717, 1.165) is 10.9 Å². The van der Waals surface area contributed by atoms with Gasteiger partial charge in [0.25, 0.3) is 5.91 Å². The molecule has 0 spiro atoms. The molecule has 1 aromatic carbocycles. The Bertz CT molecular complexity index is 567. The van der Waals surface area contributed by atoms with Crippen molar-refractivity contribution in [1.29, 1.82) is 0 Å². The summed E-state index contributed by atoms with van der Waals surface area (Å²) in [6.45, 7) is 4.18. The molecule has 0 unspecified atom stereocenters. The molecule has 0 atom stereocenters. The lowest BCUT2D eigenvalue weighted by Gasteiger charge is -2.19. The lowest BCUT2D eigenvalue weighted by Crippen LogP contribution is -2.45. The molecule has 4 nitrogen and oxygen atoms in total. The SMILES string of the molecule is CC(C)(N)CNC(=O)c1ccnc2ccccc12. The van der Waals surface area contributed by atoms with Crippen LogP contribution in [0.15, 0.2) is 36.5 Å². The van der Waals surface area contributed by atoms with Gasteiger partial charge in [-0.25, -0.2) is 0 Å². The summed E-state index contributed by atoms with van der Waals surface area (Å²) in [6, 6.07) is 9.30. The van der Waals surface area contributed by atoms with Crippen molar-refractivity contribution in [2.24, 2.45) is 5.73 Å². The van der Waals surface area contributed by atoms with Crippen molar-refractivity contribution in [3.8, 4) is 0 Å². The Morgan fingerprint density at radius 3 is 2.78 bits per heavy atom. The zero-order chi connectivity index (χ0) is 13.2. The maximum absolute atomic E-state index is 12.1. The van der Waals surface area contributed by atoms with Crippen molar-refractivity contribution in [2.75, 3.05) is 6.54 Å². The first-order valence-corrected chi connectivity index (χ1v) is 5.88. The molecule has 0 saturated carbocycles. The fraction of sp³-hybridized carbons (Fsp3) is 0.286. The Hall–Kier alpha value is -1.94. The summed E-state index contributed by atoms with van der Waals surface area (Å²) in [7, 11) is 0. The molecule has 0 aliphatic rings. The third-order valence-corrected chi connectivity index (χ3v) is 2.60. The number of para-hydroxylation sites is 1. The molecule has 0 aliphatic heterocycles. The highest BCUT2D eigenvalue weighted by atomic mass is 16.1. The average molecular weight is 243 g/mol. The molecule has 18 heavy (non-hydrogen) atoms. The number of carbonyl (C=O) groups excluding carboxylic acids is 1. The van der Waals surface area contributed by atoms with Gasteiger partial charge in [-0.05, 0) is 26.0 Å². The van der Waals surface area contributed by atoms with Gasteiger partial charge in [-0.15, -0.1) is 0 Å². The van der Waals surface area contributed by atoms with Gasteiger partial charge in [-0.1, -0.05) is 18.2 Å². The summed E-state index contributed by atoms with van der Waals surface area (Å²) in [5, 5.41) is 3.69. The molecule has 2 aromatic rings. The summed E-state index contributed by atoms with van der Waals surface area (Å²) < 4.78 is 0. The Kier molecular flexibility index (Phi) is 3.30. The van der Waals surface area contributed by atoms with Gasteiger partial charge >= 0.3 is 0 Å². The van der Waals surface area contributed by atoms with E-state index >= 15 is 0 Å². The average Bonchev–Trinajstić information content (AvgIpc) is 2.34. The van der Waals surface area contributed by atoms with Gasteiger partial charge in [0.15, 0.2) is 0 Å². The molecule has 0 aliphatic carbocycles. The minimum atomic E-state index is -0.418. The number of hydrogen-bond acceptors (Lipinski definition) is 3. The first kappa shape index (κ1) is 12.5. The maximum Gasteiger partial charge on any atom is 0.252 e. The largest absolute Gasteiger partial charge is 0.350 e. The van der Waals surface area contributed by atoms with E-state index in [1.54, 1.807) is 12.3 Å². The van der Waals surface area contributed by atoms with E-state index < -0.39 is 5.54 Å². The van der Waals surface area contributed by atoms with Gasteiger partial charge in [-0.3, -0.25) is 9.78 Å². The number of pyridine rings is 1. The molecule has 1 aromatic heterocycles. The highest BCUT2D eigenvalue weighted by Gasteiger charge is 2.14. The second kappa shape index (κ2) is 4.74. The molecular weight excluding hydrogens is 226 g/mol. The van der Waals surface area contributed by atoms with Crippen molar-refractivity contribution in [2.45, 2.75) is 19.4 Å². The highest BCUT2D eigenvalue weighted by Crippen LogP contribution is 2.15. The number of benzene rings is 1. The lowest BCUT2D eigenvalue weighted by atomic mass is 10.1. The molecule has 0 radical (unpaired) electrons. The topological polar surface area (TPSA) is 68.0 Å². The maximum atomic E-state index is 12.1. The van der Waals surface area contributed by atoms with E-state index in [2.05, 4.69) is 10.3 Å². The number of rotatable bonds is 3. The Morgan fingerprint density at radius 1 is 1.33 bits per heavy atom. The predicted molar refractivity (Wildman–Crippen MR) is 72.3 cm³/mol. The van der Waals surface area contributed by atoms with Crippen LogP contribution in [0.25, 0.3) is 10.9 Å². The van der Waals surface area contributed by atoms with Crippen LogP contribution >= 0.6 is 0 Å². The van der Waals surface area contributed by atoms with Crippen molar-refractivity contribution in [3.05, 3.63) is 42.1 Å². The zero-order valence-electron chi connectivity index (χ0n) is 10.6. The van der Waals surface area contributed by atoms with Gasteiger partial charge in [0.05, 0.1) is 11.1 Å². The van der Waals surface area contributed by atoms with Crippen LogP contribution in [0.1, 0.15) is 24.2 Å². The van der Waals surface area contributed by atoms with Gasteiger partial charge in [-0.2, -0.15) is 0 Å². The molecule has 0 bridgehead atoms. The predicted octanol–water partition coefficient (Wildman–Crippen LogP) is 1.70. The van der Waals surface area contributed by atoms with E-state index in [-0.39, 0.29) is 5.91 Å². The van der Waals surface area contributed by atoms with E-state index in [1.807, 2.05) is 38.1 Å². The smallest absolute Gasteiger partial charge is 0.252 e. The van der Waals surface area contributed by atoms with Crippen molar-refractivity contribution >= 4 is 16.8 Å². The quantitative estimate of drug-likeness (QED) is 0.862. The highest BCUT2D eigenvalue weighted by molar-refractivity contribution is 6.05. The van der Waals surface area contributed by atoms with Crippen LogP contribution in [0, 0.1) is 0 Å². The van der Waals surface area contributed by atoms with Crippen molar-refractivity contribution in [1.82, 2.24) is 10.3 Å². The van der Waals surface area contributed by atoms with Crippen molar-refractivity contribution in [3.63, 3.8) is 0 Å². The molecule has 1 amide bonds. The van der Waals surface area contributed by atoms with E-state index in [1.165, 1.54) is 0 Å². The second-order valence-electron chi connectivity index (χ2n) is 5.05. The molecule has 2 rings (SSSR count). The standard InChI is InChI=1S/C14H17N3O/c1-14(2,15)9-17-13(18)11-7-8-16-12-6-4-3-5-10(11)12/h3-8H,9,15H2,1-2H3,(H,17,18). The monoisotopic (exact) mass is 243 g/mol. The van der Waals surface area contributed by atoms with Crippen LogP contribution in [0.3, 0.4) is 0 Å². The minimum absolute atomic E-state index is 0.118. The number of aromatic nitrogens is 1. The van der Waals surface area contributed by atoms with Crippen molar-refractivity contribution < 1.29 is 4.79 Å². The normalized spacial score (nSPS) is 11.5. The minimum Gasteiger partial charge on any atom is -0.350 e. The number of fused-ring (bicyclic) bond motifs is 1. The van der Waals surface area contributed by atoms with Crippen LogP contribution in [0.5, 0.6) is 0 Å². The molecule has 1 heterocycles. The van der Waals surface area contributed by atoms with Crippen LogP contribution in [-0.4, -0.2) is 23.0 Å². The van der Waals surface area contributed by atoms with Gasteiger partial charge in [0, 0.05) is 23.7 Å². The van der Waals surface area contributed by atoms with Crippen LogP contribution in [0.2, 0.25) is 0 Å². The summed E-state index contributed by atoms with van der Waals surface area (Å²) in [5.41, 5.74) is 6.88. The number of nitrogens with zero attached hydrogens (tertiary/aromatic N) is 1. The number of hydrogen-bond donors (Lipinski definition) is 2. The number of nitrogens with one attached hydrogen (secondary N) is 1. The summed E-state index contributed by atoms with van der Waals surface area (Å²) in [6.07, 6.45) is 1.64. The molecular formula is C14H17N3O.